The SMILES string of the molecule is C[C@@H](O)Cn1ncc(-c2[nH]cc(-c3c(F)cccc3Cl)c2COC2CC2)c1C(F)(F)F. The molecular formula is C21H20ClF4N3O2. The summed E-state index contributed by atoms with van der Waals surface area (Å²) in [4.78, 5) is 2.85. The fraction of sp³-hybridized carbons (Fsp3) is 0.381. The summed E-state index contributed by atoms with van der Waals surface area (Å²) in [5.41, 5.74) is -0.309. The number of hydrogen-bond donors (Lipinski definition) is 2. The summed E-state index contributed by atoms with van der Waals surface area (Å²) in [5, 5.41) is 13.6. The Morgan fingerprint density at radius 1 is 1.32 bits per heavy atom. The van der Waals surface area contributed by atoms with Gasteiger partial charge in [0.15, 0.2) is 5.69 Å². The highest BCUT2D eigenvalue weighted by Crippen LogP contribution is 2.42. The summed E-state index contributed by atoms with van der Waals surface area (Å²) in [6, 6.07) is 4.21. The summed E-state index contributed by atoms with van der Waals surface area (Å²) in [6.07, 6.45) is -1.46. The molecule has 0 saturated heterocycles. The lowest BCUT2D eigenvalue weighted by Gasteiger charge is -2.15. The van der Waals surface area contributed by atoms with E-state index in [1.54, 1.807) is 0 Å². The number of aliphatic hydroxyl groups excluding tert-OH is 1. The molecule has 0 radical (unpaired) electrons. The second kappa shape index (κ2) is 8.29. The lowest BCUT2D eigenvalue weighted by Crippen LogP contribution is -2.21. The number of aliphatic hydroxyl groups is 1. The van der Waals surface area contributed by atoms with E-state index < -0.39 is 23.8 Å². The Hall–Kier alpha value is -2.36. The Bertz CT molecular complexity index is 1070. The smallest absolute Gasteiger partial charge is 0.391 e. The Balaban J connectivity index is 1.88. The molecule has 1 atom stereocenters. The molecule has 0 aliphatic heterocycles. The van der Waals surface area contributed by atoms with E-state index in [0.717, 1.165) is 23.7 Å². The molecule has 1 aromatic carbocycles. The maximum atomic E-state index is 14.6. The number of nitrogens with zero attached hydrogens (tertiary/aromatic N) is 2. The van der Waals surface area contributed by atoms with Crippen LogP contribution in [0.15, 0.2) is 30.6 Å². The van der Waals surface area contributed by atoms with Crippen LogP contribution >= 0.6 is 11.6 Å². The van der Waals surface area contributed by atoms with Gasteiger partial charge in [0, 0.05) is 28.5 Å². The Labute approximate surface area is 180 Å². The van der Waals surface area contributed by atoms with E-state index in [0.29, 0.717) is 11.1 Å². The van der Waals surface area contributed by atoms with Crippen LogP contribution < -0.4 is 0 Å². The van der Waals surface area contributed by atoms with Gasteiger partial charge in [-0.2, -0.15) is 18.3 Å². The highest BCUT2D eigenvalue weighted by atomic mass is 35.5. The van der Waals surface area contributed by atoms with Crippen molar-refractivity contribution in [2.45, 2.75) is 51.3 Å². The van der Waals surface area contributed by atoms with Gasteiger partial charge in [-0.3, -0.25) is 4.68 Å². The minimum atomic E-state index is -4.73. The van der Waals surface area contributed by atoms with E-state index in [4.69, 9.17) is 16.3 Å². The lowest BCUT2D eigenvalue weighted by atomic mass is 10.00. The number of aromatic nitrogens is 3. The maximum Gasteiger partial charge on any atom is 0.433 e. The topological polar surface area (TPSA) is 63.1 Å². The molecule has 0 unspecified atom stereocenters. The molecule has 0 bridgehead atoms. The maximum absolute atomic E-state index is 14.6. The molecule has 166 valence electrons. The summed E-state index contributed by atoms with van der Waals surface area (Å²) in [7, 11) is 0. The number of nitrogens with one attached hydrogen (secondary N) is 1. The zero-order chi connectivity index (χ0) is 22.3. The van der Waals surface area contributed by atoms with Crippen LogP contribution in [0.2, 0.25) is 5.02 Å². The fourth-order valence-corrected chi connectivity index (χ4v) is 3.78. The number of rotatable bonds is 7. The summed E-state index contributed by atoms with van der Waals surface area (Å²) >= 11 is 6.21. The minimum absolute atomic E-state index is 0.0115. The molecule has 31 heavy (non-hydrogen) atoms. The van der Waals surface area contributed by atoms with E-state index >= 15 is 0 Å². The van der Waals surface area contributed by atoms with Gasteiger partial charge in [-0.25, -0.2) is 4.39 Å². The molecular weight excluding hydrogens is 438 g/mol. The molecule has 1 aliphatic rings. The molecule has 1 saturated carbocycles. The molecule has 10 heteroatoms. The van der Waals surface area contributed by atoms with E-state index in [9.17, 15) is 22.7 Å². The third kappa shape index (κ3) is 4.49. The van der Waals surface area contributed by atoms with Gasteiger partial charge in [0.2, 0.25) is 0 Å². The first kappa shape index (κ1) is 21.9. The highest BCUT2D eigenvalue weighted by Gasteiger charge is 2.40. The van der Waals surface area contributed by atoms with Gasteiger partial charge in [-0.15, -0.1) is 0 Å². The predicted octanol–water partition coefficient (Wildman–Crippen LogP) is 5.42. The van der Waals surface area contributed by atoms with Gasteiger partial charge in [-0.05, 0) is 31.9 Å². The standard InChI is InChI=1S/C21H20ClF4N3O2/c1-11(30)9-29-20(21(24,25)26)14(8-28-29)19-15(10-31-12-5-6-12)13(7-27-19)18-16(22)3-2-4-17(18)23/h2-4,7-8,11-12,27,30H,5-6,9-10H2,1H3/t11-/m1/s1. The van der Waals surface area contributed by atoms with Crippen molar-refractivity contribution in [2.75, 3.05) is 0 Å². The van der Waals surface area contributed by atoms with E-state index in [1.165, 1.54) is 31.3 Å². The lowest BCUT2D eigenvalue weighted by molar-refractivity contribution is -0.144. The number of alkyl halides is 3. The van der Waals surface area contributed by atoms with Crippen molar-refractivity contribution in [3.8, 4) is 22.4 Å². The Kier molecular flexibility index (Phi) is 5.85. The van der Waals surface area contributed by atoms with Gasteiger partial charge in [0.05, 0.1) is 42.3 Å². The predicted molar refractivity (Wildman–Crippen MR) is 107 cm³/mol. The van der Waals surface area contributed by atoms with Crippen LogP contribution in [0.1, 0.15) is 31.0 Å². The third-order valence-corrected chi connectivity index (χ3v) is 5.34. The number of hydrogen-bond acceptors (Lipinski definition) is 3. The molecule has 5 nitrogen and oxygen atoms in total. The first-order valence-electron chi connectivity index (χ1n) is 9.74. The summed E-state index contributed by atoms with van der Waals surface area (Å²) in [6.45, 7) is 1.04. The van der Waals surface area contributed by atoms with Gasteiger partial charge in [0.1, 0.15) is 5.82 Å². The van der Waals surface area contributed by atoms with E-state index in [2.05, 4.69) is 10.1 Å². The van der Waals surface area contributed by atoms with Crippen molar-refractivity contribution < 1.29 is 27.4 Å². The van der Waals surface area contributed by atoms with Gasteiger partial charge in [-0.1, -0.05) is 17.7 Å². The molecule has 4 rings (SSSR count). The Morgan fingerprint density at radius 2 is 2.06 bits per heavy atom. The van der Waals surface area contributed by atoms with Crippen molar-refractivity contribution in [1.29, 1.82) is 0 Å². The van der Waals surface area contributed by atoms with Gasteiger partial charge < -0.3 is 14.8 Å². The number of aromatic amines is 1. The highest BCUT2D eigenvalue weighted by molar-refractivity contribution is 6.33. The number of H-pyrrole nitrogens is 1. The van der Waals surface area contributed by atoms with Crippen molar-refractivity contribution in [3.05, 3.63) is 52.7 Å². The first-order valence-corrected chi connectivity index (χ1v) is 10.1. The second-order valence-electron chi connectivity index (χ2n) is 7.60. The molecule has 0 amide bonds. The zero-order valence-corrected chi connectivity index (χ0v) is 17.3. The van der Waals surface area contributed by atoms with Crippen LogP contribution in [0.4, 0.5) is 17.6 Å². The van der Waals surface area contributed by atoms with Gasteiger partial charge >= 0.3 is 6.18 Å². The fourth-order valence-electron chi connectivity index (χ4n) is 3.51. The van der Waals surface area contributed by atoms with Crippen LogP contribution in [-0.4, -0.2) is 32.1 Å². The van der Waals surface area contributed by atoms with E-state index in [-0.39, 0.29) is 41.1 Å². The molecule has 2 heterocycles. The molecule has 2 N–H and O–H groups in total. The average Bonchev–Trinajstić information content (AvgIpc) is 3.26. The van der Waals surface area contributed by atoms with Crippen LogP contribution in [0.3, 0.4) is 0 Å². The average molecular weight is 458 g/mol. The number of benzene rings is 1. The molecule has 3 aromatic rings. The number of halogens is 5. The second-order valence-corrected chi connectivity index (χ2v) is 8.01. The quantitative estimate of drug-likeness (QED) is 0.466. The van der Waals surface area contributed by atoms with Crippen LogP contribution in [0.5, 0.6) is 0 Å². The van der Waals surface area contributed by atoms with Crippen LogP contribution in [-0.2, 0) is 24.1 Å². The third-order valence-electron chi connectivity index (χ3n) is 5.02. The van der Waals surface area contributed by atoms with E-state index in [1.807, 2.05) is 0 Å². The van der Waals surface area contributed by atoms with Crippen molar-refractivity contribution in [2.24, 2.45) is 0 Å². The molecule has 2 aromatic heterocycles. The Morgan fingerprint density at radius 3 is 2.68 bits per heavy atom. The zero-order valence-electron chi connectivity index (χ0n) is 16.5. The molecule has 1 fully saturated rings. The minimum Gasteiger partial charge on any atom is -0.391 e. The number of ether oxygens (including phenoxy) is 1. The first-order chi connectivity index (χ1) is 14.7. The van der Waals surface area contributed by atoms with Crippen molar-refractivity contribution in [3.63, 3.8) is 0 Å². The van der Waals surface area contributed by atoms with Crippen molar-refractivity contribution >= 4 is 11.6 Å². The normalized spacial score (nSPS) is 15.5. The summed E-state index contributed by atoms with van der Waals surface area (Å²) < 4.78 is 62.9. The van der Waals surface area contributed by atoms with Gasteiger partial charge in [0.25, 0.3) is 0 Å². The molecule has 1 aliphatic carbocycles. The molecule has 0 spiro atoms. The summed E-state index contributed by atoms with van der Waals surface area (Å²) in [5.74, 6) is -0.591. The monoisotopic (exact) mass is 457 g/mol. The largest absolute Gasteiger partial charge is 0.433 e. The van der Waals surface area contributed by atoms with Crippen molar-refractivity contribution in [1.82, 2.24) is 14.8 Å². The van der Waals surface area contributed by atoms with Crippen LogP contribution in [0, 0.1) is 5.82 Å². The van der Waals surface area contributed by atoms with Crippen LogP contribution in [0.25, 0.3) is 22.4 Å².